The lowest BCUT2D eigenvalue weighted by atomic mass is 10.0. The van der Waals surface area contributed by atoms with Crippen molar-refractivity contribution in [3.05, 3.63) is 108 Å². The molecule has 176 valence electrons. The highest BCUT2D eigenvalue weighted by Gasteiger charge is 2.13. The number of aryl methyl sites for hydroxylation is 1. The van der Waals surface area contributed by atoms with Crippen molar-refractivity contribution in [2.24, 2.45) is 0 Å². The normalized spacial score (nSPS) is 11.2. The number of ether oxygens (including phenoxy) is 1. The molecule has 0 amide bonds. The average molecular weight is 472 g/mol. The SMILES string of the molecule is COc1ccc(-c2nnc(Nc3ccc4c(c3)nc(C)n4Cc3ccccc3)c3ccccc23)cc1. The zero-order valence-corrected chi connectivity index (χ0v) is 20.1. The van der Waals surface area contributed by atoms with Crippen LogP contribution in [-0.4, -0.2) is 26.9 Å². The van der Waals surface area contributed by atoms with Crippen molar-refractivity contribution in [3.8, 4) is 17.0 Å². The van der Waals surface area contributed by atoms with Crippen molar-refractivity contribution in [3.63, 3.8) is 0 Å². The minimum Gasteiger partial charge on any atom is -0.497 e. The molecule has 6 nitrogen and oxygen atoms in total. The van der Waals surface area contributed by atoms with Gasteiger partial charge in [-0.05, 0) is 55.0 Å². The first-order valence-electron chi connectivity index (χ1n) is 11.9. The van der Waals surface area contributed by atoms with Gasteiger partial charge in [0.1, 0.15) is 17.3 Å². The highest BCUT2D eigenvalue weighted by atomic mass is 16.5. The molecule has 0 fully saturated rings. The highest BCUT2D eigenvalue weighted by Crippen LogP contribution is 2.32. The fourth-order valence-electron chi connectivity index (χ4n) is 4.59. The summed E-state index contributed by atoms with van der Waals surface area (Å²) in [6.07, 6.45) is 0. The fourth-order valence-corrected chi connectivity index (χ4v) is 4.59. The maximum absolute atomic E-state index is 5.29. The van der Waals surface area contributed by atoms with Gasteiger partial charge in [0.25, 0.3) is 0 Å². The lowest BCUT2D eigenvalue weighted by Gasteiger charge is -2.12. The van der Waals surface area contributed by atoms with Crippen LogP contribution in [0.25, 0.3) is 33.1 Å². The van der Waals surface area contributed by atoms with Gasteiger partial charge in [0.15, 0.2) is 5.82 Å². The Bertz CT molecular complexity index is 1670. The summed E-state index contributed by atoms with van der Waals surface area (Å²) in [5.41, 5.74) is 6.05. The first-order valence-corrected chi connectivity index (χ1v) is 11.9. The van der Waals surface area contributed by atoms with Crippen molar-refractivity contribution < 1.29 is 4.74 Å². The van der Waals surface area contributed by atoms with Crippen molar-refractivity contribution in [2.45, 2.75) is 13.5 Å². The molecule has 36 heavy (non-hydrogen) atoms. The molecule has 0 aliphatic rings. The van der Waals surface area contributed by atoms with Crippen LogP contribution < -0.4 is 10.1 Å². The second kappa shape index (κ2) is 9.15. The lowest BCUT2D eigenvalue weighted by Crippen LogP contribution is -2.02. The van der Waals surface area contributed by atoms with Crippen molar-refractivity contribution >= 4 is 33.3 Å². The summed E-state index contributed by atoms with van der Waals surface area (Å²) < 4.78 is 7.54. The lowest BCUT2D eigenvalue weighted by molar-refractivity contribution is 0.415. The van der Waals surface area contributed by atoms with Crippen LogP contribution in [0.3, 0.4) is 0 Å². The quantitative estimate of drug-likeness (QED) is 0.291. The second-order valence-electron chi connectivity index (χ2n) is 8.73. The Morgan fingerprint density at radius 1 is 0.806 bits per heavy atom. The smallest absolute Gasteiger partial charge is 0.161 e. The number of hydrogen-bond acceptors (Lipinski definition) is 5. The summed E-state index contributed by atoms with van der Waals surface area (Å²) in [6, 6.07) is 32.8. The maximum Gasteiger partial charge on any atom is 0.161 e. The van der Waals surface area contributed by atoms with Crippen LogP contribution >= 0.6 is 0 Å². The standard InChI is InChI=1S/C30H25N5O/c1-20-31-27-18-23(14-17-28(27)35(20)19-21-8-4-3-5-9-21)32-30-26-11-7-6-10-25(26)29(33-34-30)22-12-15-24(36-2)16-13-22/h3-18H,19H2,1-2H3,(H,32,34). The number of hydrogen-bond donors (Lipinski definition) is 1. The van der Waals surface area contributed by atoms with E-state index in [2.05, 4.69) is 74.7 Å². The topological polar surface area (TPSA) is 64.9 Å². The molecule has 0 atom stereocenters. The molecule has 0 saturated carbocycles. The van der Waals surface area contributed by atoms with E-state index < -0.39 is 0 Å². The van der Waals surface area contributed by atoms with Gasteiger partial charge in [-0.1, -0.05) is 54.6 Å². The van der Waals surface area contributed by atoms with Crippen molar-refractivity contribution in [1.82, 2.24) is 19.7 Å². The number of nitrogens with one attached hydrogen (secondary N) is 1. The zero-order chi connectivity index (χ0) is 24.5. The summed E-state index contributed by atoms with van der Waals surface area (Å²) in [5, 5.41) is 14.7. The van der Waals surface area contributed by atoms with E-state index in [9.17, 15) is 0 Å². The molecule has 6 rings (SSSR count). The van der Waals surface area contributed by atoms with E-state index in [-0.39, 0.29) is 0 Å². The van der Waals surface area contributed by atoms with Crippen LogP contribution in [0.1, 0.15) is 11.4 Å². The average Bonchev–Trinajstić information content (AvgIpc) is 3.23. The largest absolute Gasteiger partial charge is 0.497 e. The molecule has 6 aromatic rings. The number of aromatic nitrogens is 4. The van der Waals surface area contributed by atoms with Crippen LogP contribution in [0.4, 0.5) is 11.5 Å². The molecule has 0 radical (unpaired) electrons. The molecular weight excluding hydrogens is 446 g/mol. The van der Waals surface area contributed by atoms with E-state index >= 15 is 0 Å². The molecule has 1 N–H and O–H groups in total. The van der Waals surface area contributed by atoms with Gasteiger partial charge in [-0.15, -0.1) is 10.2 Å². The van der Waals surface area contributed by atoms with Gasteiger partial charge in [0.2, 0.25) is 0 Å². The molecule has 0 aliphatic heterocycles. The number of imidazole rings is 1. The Hall–Kier alpha value is -4.71. The summed E-state index contributed by atoms with van der Waals surface area (Å²) in [4.78, 5) is 4.82. The molecule has 2 heterocycles. The summed E-state index contributed by atoms with van der Waals surface area (Å²) in [5.74, 6) is 2.51. The highest BCUT2D eigenvalue weighted by molar-refractivity contribution is 6.01. The predicted molar refractivity (Wildman–Crippen MR) is 145 cm³/mol. The van der Waals surface area contributed by atoms with Gasteiger partial charge in [0, 0.05) is 28.6 Å². The molecular formula is C30H25N5O. The minimum absolute atomic E-state index is 0.711. The van der Waals surface area contributed by atoms with Gasteiger partial charge in [0.05, 0.1) is 18.1 Å². The number of benzene rings is 4. The number of rotatable bonds is 6. The third-order valence-electron chi connectivity index (χ3n) is 6.44. The van der Waals surface area contributed by atoms with Crippen molar-refractivity contribution in [1.29, 1.82) is 0 Å². The Morgan fingerprint density at radius 3 is 2.33 bits per heavy atom. The molecule has 0 unspecified atom stereocenters. The van der Waals surface area contributed by atoms with Crippen LogP contribution in [0.2, 0.25) is 0 Å². The van der Waals surface area contributed by atoms with Crippen LogP contribution in [-0.2, 0) is 6.54 Å². The summed E-state index contributed by atoms with van der Waals surface area (Å²) in [6.45, 7) is 2.84. The molecule has 0 spiro atoms. The number of nitrogens with zero attached hydrogens (tertiary/aromatic N) is 4. The molecule has 0 bridgehead atoms. The molecule has 4 aromatic carbocycles. The zero-order valence-electron chi connectivity index (χ0n) is 20.1. The van der Waals surface area contributed by atoms with E-state index in [1.165, 1.54) is 5.56 Å². The minimum atomic E-state index is 0.711. The third kappa shape index (κ3) is 4.03. The molecule has 2 aromatic heterocycles. The first-order chi connectivity index (χ1) is 17.7. The van der Waals surface area contributed by atoms with Crippen molar-refractivity contribution in [2.75, 3.05) is 12.4 Å². The third-order valence-corrected chi connectivity index (χ3v) is 6.44. The van der Waals surface area contributed by atoms with E-state index in [1.54, 1.807) is 7.11 Å². The fraction of sp³-hybridized carbons (Fsp3) is 0.100. The Balaban J connectivity index is 1.34. The monoisotopic (exact) mass is 471 g/mol. The second-order valence-corrected chi connectivity index (χ2v) is 8.73. The molecule has 6 heteroatoms. The van der Waals surface area contributed by atoms with E-state index in [4.69, 9.17) is 9.72 Å². The Kier molecular flexibility index (Phi) is 5.54. The van der Waals surface area contributed by atoms with E-state index in [1.807, 2.05) is 49.4 Å². The van der Waals surface area contributed by atoms with Crippen LogP contribution in [0, 0.1) is 6.92 Å². The predicted octanol–water partition coefficient (Wildman–Crippen LogP) is 6.76. The maximum atomic E-state index is 5.29. The van der Waals surface area contributed by atoms with Gasteiger partial charge in [-0.25, -0.2) is 4.98 Å². The molecule has 0 aliphatic carbocycles. The van der Waals surface area contributed by atoms with Gasteiger partial charge < -0.3 is 14.6 Å². The van der Waals surface area contributed by atoms with Crippen LogP contribution in [0.5, 0.6) is 5.75 Å². The number of methoxy groups -OCH3 is 1. The van der Waals surface area contributed by atoms with E-state index in [0.717, 1.165) is 56.9 Å². The summed E-state index contributed by atoms with van der Waals surface area (Å²) in [7, 11) is 1.66. The Morgan fingerprint density at radius 2 is 1.56 bits per heavy atom. The molecule has 0 saturated heterocycles. The summed E-state index contributed by atoms with van der Waals surface area (Å²) >= 11 is 0. The van der Waals surface area contributed by atoms with Gasteiger partial charge in [-0.3, -0.25) is 0 Å². The number of anilines is 2. The van der Waals surface area contributed by atoms with Gasteiger partial charge in [-0.2, -0.15) is 0 Å². The Labute approximate surface area is 209 Å². The first kappa shape index (κ1) is 21.8. The van der Waals surface area contributed by atoms with E-state index in [0.29, 0.717) is 5.82 Å². The van der Waals surface area contributed by atoms with Gasteiger partial charge >= 0.3 is 0 Å². The van der Waals surface area contributed by atoms with Crippen LogP contribution in [0.15, 0.2) is 97.1 Å². The number of fused-ring (bicyclic) bond motifs is 2.